The molecule has 0 amide bonds. The summed E-state index contributed by atoms with van der Waals surface area (Å²) in [5.74, 6) is 0.575. The van der Waals surface area contributed by atoms with E-state index in [1.165, 1.54) is 5.56 Å². The van der Waals surface area contributed by atoms with Gasteiger partial charge >= 0.3 is 0 Å². The number of amidine groups is 1. The molecule has 5 heteroatoms. The highest BCUT2D eigenvalue weighted by Gasteiger charge is 2.18. The van der Waals surface area contributed by atoms with Crippen LogP contribution in [0.15, 0.2) is 39.6 Å². The summed E-state index contributed by atoms with van der Waals surface area (Å²) < 4.78 is 0. The van der Waals surface area contributed by atoms with E-state index in [9.17, 15) is 0 Å². The second-order valence-corrected chi connectivity index (χ2v) is 3.98. The van der Waals surface area contributed by atoms with Gasteiger partial charge in [-0.15, -0.1) is 5.10 Å². The monoisotopic (exact) mass is 229 g/mol. The van der Waals surface area contributed by atoms with Gasteiger partial charge in [0.15, 0.2) is 5.84 Å². The van der Waals surface area contributed by atoms with Gasteiger partial charge in [0.25, 0.3) is 0 Å². The van der Waals surface area contributed by atoms with Crippen molar-refractivity contribution in [2.24, 2.45) is 21.0 Å². The van der Waals surface area contributed by atoms with Gasteiger partial charge in [0.05, 0.1) is 11.9 Å². The van der Waals surface area contributed by atoms with Crippen LogP contribution < -0.4 is 11.2 Å². The van der Waals surface area contributed by atoms with E-state index in [0.717, 1.165) is 11.3 Å². The van der Waals surface area contributed by atoms with Crippen LogP contribution in [-0.2, 0) is 0 Å². The zero-order valence-electron chi connectivity index (χ0n) is 9.88. The predicted molar refractivity (Wildman–Crippen MR) is 70.4 cm³/mol. The quantitative estimate of drug-likeness (QED) is 0.587. The van der Waals surface area contributed by atoms with Gasteiger partial charge in [0.2, 0.25) is 0 Å². The third-order valence-corrected chi connectivity index (χ3v) is 2.53. The van der Waals surface area contributed by atoms with Crippen LogP contribution in [-0.4, -0.2) is 23.8 Å². The number of hydrazone groups is 1. The number of hydrogen-bond acceptors (Lipinski definition) is 5. The highest BCUT2D eigenvalue weighted by molar-refractivity contribution is 6.12. The van der Waals surface area contributed by atoms with Crippen LogP contribution in [0, 0.1) is 6.92 Å². The summed E-state index contributed by atoms with van der Waals surface area (Å²) in [7, 11) is 0. The Morgan fingerprint density at radius 2 is 1.94 bits per heavy atom. The predicted octanol–water partition coefficient (Wildman–Crippen LogP) is 1.03. The number of rotatable bonds is 2. The molecule has 0 saturated carbocycles. The fourth-order valence-corrected chi connectivity index (χ4v) is 1.37. The Labute approximate surface area is 100 Å². The largest absolute Gasteiger partial charge is 0.317 e. The molecule has 0 saturated heterocycles. The van der Waals surface area contributed by atoms with E-state index in [-0.39, 0.29) is 6.04 Å². The van der Waals surface area contributed by atoms with Crippen LogP contribution in [0.4, 0.5) is 0 Å². The van der Waals surface area contributed by atoms with Crippen molar-refractivity contribution in [3.63, 3.8) is 0 Å². The molecule has 1 aliphatic rings. The Morgan fingerprint density at radius 3 is 2.53 bits per heavy atom. The molecule has 0 bridgehead atoms. The highest BCUT2D eigenvalue weighted by Crippen LogP contribution is 2.01. The minimum absolute atomic E-state index is 0.273. The zero-order chi connectivity index (χ0) is 12.3. The molecule has 0 radical (unpaired) electrons. The molecule has 88 valence electrons. The second kappa shape index (κ2) is 4.88. The fourth-order valence-electron chi connectivity index (χ4n) is 1.37. The minimum Gasteiger partial charge on any atom is -0.317 e. The van der Waals surface area contributed by atoms with Gasteiger partial charge < -0.3 is 5.73 Å². The lowest BCUT2D eigenvalue weighted by Gasteiger charge is -2.05. The summed E-state index contributed by atoms with van der Waals surface area (Å²) in [6.45, 7) is 3.89. The fraction of sp³-hybridized carbons (Fsp3) is 0.250. The van der Waals surface area contributed by atoms with Gasteiger partial charge in [0, 0.05) is 0 Å². The van der Waals surface area contributed by atoms with Crippen LogP contribution in [0.3, 0.4) is 0 Å². The molecule has 0 spiro atoms. The molecule has 1 atom stereocenters. The van der Waals surface area contributed by atoms with Gasteiger partial charge in [-0.3, -0.25) is 5.43 Å². The Kier molecular flexibility index (Phi) is 3.30. The topological polar surface area (TPSA) is 75.1 Å². The molecule has 5 nitrogen and oxygen atoms in total. The van der Waals surface area contributed by atoms with Gasteiger partial charge in [-0.25, -0.2) is 0 Å². The average molecular weight is 229 g/mol. The smallest absolute Gasteiger partial charge is 0.168 e. The maximum absolute atomic E-state index is 5.82. The first-order chi connectivity index (χ1) is 8.16. The molecule has 2 rings (SSSR count). The maximum atomic E-state index is 5.82. The second-order valence-electron chi connectivity index (χ2n) is 3.98. The summed E-state index contributed by atoms with van der Waals surface area (Å²) in [4.78, 5) is 0. The molecular weight excluding hydrogens is 214 g/mol. The molecular formula is C12H15N5. The van der Waals surface area contributed by atoms with Crippen molar-refractivity contribution in [1.82, 2.24) is 5.43 Å². The number of nitrogens with two attached hydrogens (primary N) is 1. The first-order valence-corrected chi connectivity index (χ1v) is 5.40. The molecule has 0 unspecified atom stereocenters. The van der Waals surface area contributed by atoms with Crippen LogP contribution in [0.25, 0.3) is 0 Å². The number of hydrogen-bond donors (Lipinski definition) is 2. The molecule has 1 heterocycles. The zero-order valence-corrected chi connectivity index (χ0v) is 9.88. The van der Waals surface area contributed by atoms with Crippen LogP contribution in [0.2, 0.25) is 0 Å². The van der Waals surface area contributed by atoms with E-state index in [4.69, 9.17) is 5.73 Å². The van der Waals surface area contributed by atoms with Crippen LogP contribution in [0.1, 0.15) is 18.1 Å². The lowest BCUT2D eigenvalue weighted by atomic mass is 10.2. The number of aryl methyl sites for hydroxylation is 1. The Bertz CT molecular complexity index is 484. The molecule has 3 N–H and O–H groups in total. The van der Waals surface area contributed by atoms with Crippen LogP contribution in [0.5, 0.6) is 0 Å². The van der Waals surface area contributed by atoms with E-state index >= 15 is 0 Å². The van der Waals surface area contributed by atoms with E-state index in [2.05, 4.69) is 20.7 Å². The Hall–Kier alpha value is -2.01. The van der Waals surface area contributed by atoms with Gasteiger partial charge in [-0.2, -0.15) is 10.2 Å². The Balaban J connectivity index is 1.93. The highest BCUT2D eigenvalue weighted by atomic mass is 15.4. The first kappa shape index (κ1) is 11.5. The first-order valence-electron chi connectivity index (χ1n) is 5.40. The summed E-state index contributed by atoms with van der Waals surface area (Å²) in [6.07, 6.45) is 1.72. The van der Waals surface area contributed by atoms with Crippen LogP contribution >= 0.6 is 0 Å². The SMILES string of the molecule is CC1=NN=C(N/N=C\c2ccc(C)cc2)[C@H]1N. The molecule has 17 heavy (non-hydrogen) atoms. The van der Waals surface area contributed by atoms with Gasteiger partial charge in [0.1, 0.15) is 6.04 Å². The summed E-state index contributed by atoms with van der Waals surface area (Å²) in [6, 6.07) is 7.79. The maximum Gasteiger partial charge on any atom is 0.168 e. The third-order valence-electron chi connectivity index (χ3n) is 2.53. The van der Waals surface area contributed by atoms with Crippen molar-refractivity contribution in [3.05, 3.63) is 35.4 Å². The van der Waals surface area contributed by atoms with Crippen molar-refractivity contribution >= 4 is 17.8 Å². The molecule has 0 aliphatic carbocycles. The van der Waals surface area contributed by atoms with Gasteiger partial charge in [-0.1, -0.05) is 29.8 Å². The molecule has 0 fully saturated rings. The van der Waals surface area contributed by atoms with Crippen molar-refractivity contribution in [3.8, 4) is 0 Å². The molecule has 1 aliphatic heterocycles. The van der Waals surface area contributed by atoms with E-state index < -0.39 is 0 Å². The van der Waals surface area contributed by atoms with Crippen molar-refractivity contribution in [2.45, 2.75) is 19.9 Å². The van der Waals surface area contributed by atoms with E-state index in [0.29, 0.717) is 5.84 Å². The number of nitrogens with one attached hydrogen (secondary N) is 1. The average Bonchev–Trinajstić information content (AvgIpc) is 2.64. The minimum atomic E-state index is -0.273. The van der Waals surface area contributed by atoms with E-state index in [1.54, 1.807) is 6.21 Å². The number of nitrogens with zero attached hydrogens (tertiary/aromatic N) is 3. The molecule has 1 aromatic carbocycles. The van der Waals surface area contributed by atoms with Crippen molar-refractivity contribution in [1.29, 1.82) is 0 Å². The molecule has 1 aromatic rings. The third kappa shape index (κ3) is 2.76. The standard InChI is InChI=1S/C12H15N5/c1-8-3-5-10(6-4-8)7-14-16-12-11(13)9(2)15-17-12/h3-7,11H,13H2,1-2H3,(H,16,17)/b14-7-/t11-/m0/s1. The van der Waals surface area contributed by atoms with Gasteiger partial charge in [-0.05, 0) is 19.4 Å². The Morgan fingerprint density at radius 1 is 1.24 bits per heavy atom. The van der Waals surface area contributed by atoms with Crippen molar-refractivity contribution < 1.29 is 0 Å². The lowest BCUT2D eigenvalue weighted by molar-refractivity contribution is 0.965. The summed E-state index contributed by atoms with van der Waals surface area (Å²) in [5, 5.41) is 11.9. The summed E-state index contributed by atoms with van der Waals surface area (Å²) in [5.41, 5.74) is 11.7. The van der Waals surface area contributed by atoms with Crippen molar-refractivity contribution in [2.75, 3.05) is 0 Å². The normalized spacial score (nSPS) is 19.4. The van der Waals surface area contributed by atoms with E-state index in [1.807, 2.05) is 38.1 Å². The lowest BCUT2D eigenvalue weighted by Crippen LogP contribution is -2.40. The molecule has 0 aromatic heterocycles. The number of benzene rings is 1. The summed E-state index contributed by atoms with van der Waals surface area (Å²) >= 11 is 0.